The van der Waals surface area contributed by atoms with E-state index in [0.717, 1.165) is 34.7 Å². The summed E-state index contributed by atoms with van der Waals surface area (Å²) in [5, 5.41) is 8.76. The van der Waals surface area contributed by atoms with E-state index in [9.17, 15) is 4.79 Å². The molecule has 1 amide bonds. The van der Waals surface area contributed by atoms with Crippen molar-refractivity contribution in [2.75, 3.05) is 13.2 Å². The van der Waals surface area contributed by atoms with Crippen LogP contribution in [0.3, 0.4) is 0 Å². The molecule has 2 rings (SSSR count). The summed E-state index contributed by atoms with van der Waals surface area (Å²) < 4.78 is 0. The Morgan fingerprint density at radius 1 is 1.50 bits per heavy atom. The molecule has 0 saturated carbocycles. The summed E-state index contributed by atoms with van der Waals surface area (Å²) in [6.45, 7) is 4.80. The van der Waals surface area contributed by atoms with Gasteiger partial charge in [-0.3, -0.25) is 4.79 Å². The van der Waals surface area contributed by atoms with Crippen LogP contribution in [0, 0.1) is 18.8 Å². The second-order valence-electron chi connectivity index (χ2n) is 5.28. The highest BCUT2D eigenvalue weighted by atomic mass is 32.1. The van der Waals surface area contributed by atoms with E-state index in [1.165, 1.54) is 24.2 Å². The Balaban J connectivity index is 2.20. The van der Waals surface area contributed by atoms with Gasteiger partial charge >= 0.3 is 0 Å². The molecule has 1 aliphatic heterocycles. The summed E-state index contributed by atoms with van der Waals surface area (Å²) in [6.07, 6.45) is 4.61. The van der Waals surface area contributed by atoms with E-state index in [1.54, 1.807) is 0 Å². The second-order valence-corrected chi connectivity index (χ2v) is 6.33. The minimum Gasteiger partial charge on any atom is -0.384 e. The Kier molecular flexibility index (Phi) is 5.22. The molecule has 0 spiro atoms. The molecule has 1 saturated heterocycles. The predicted molar refractivity (Wildman–Crippen MR) is 82.0 cm³/mol. The van der Waals surface area contributed by atoms with Gasteiger partial charge in [-0.2, -0.15) is 0 Å². The Labute approximate surface area is 124 Å². The van der Waals surface area contributed by atoms with Gasteiger partial charge in [-0.05, 0) is 38.3 Å². The maximum absolute atomic E-state index is 12.6. The first-order valence-corrected chi connectivity index (χ1v) is 7.96. The molecular weight excluding hydrogens is 270 g/mol. The fourth-order valence-electron chi connectivity index (χ4n) is 2.55. The van der Waals surface area contributed by atoms with Gasteiger partial charge in [-0.1, -0.05) is 24.7 Å². The molecule has 1 N–H and O–H groups in total. The Morgan fingerprint density at radius 2 is 2.30 bits per heavy atom. The molecule has 1 fully saturated rings. The third kappa shape index (κ3) is 3.41. The highest BCUT2D eigenvalue weighted by Gasteiger charge is 2.24. The number of aliphatic hydroxyl groups excluding tert-OH is 1. The highest BCUT2D eigenvalue weighted by molar-refractivity contribution is 7.14. The zero-order valence-electron chi connectivity index (χ0n) is 12.1. The number of amides is 1. The van der Waals surface area contributed by atoms with Gasteiger partial charge in [0.05, 0.1) is 9.75 Å². The van der Waals surface area contributed by atoms with Crippen molar-refractivity contribution in [3.8, 4) is 11.8 Å². The first-order valence-electron chi connectivity index (χ1n) is 7.14. The van der Waals surface area contributed by atoms with Crippen molar-refractivity contribution in [3.05, 3.63) is 21.4 Å². The molecule has 20 heavy (non-hydrogen) atoms. The summed E-state index contributed by atoms with van der Waals surface area (Å²) in [5.74, 6) is 5.69. The van der Waals surface area contributed by atoms with Gasteiger partial charge in [0.2, 0.25) is 0 Å². The number of hydrogen-bond acceptors (Lipinski definition) is 3. The topological polar surface area (TPSA) is 40.5 Å². The average Bonchev–Trinajstić information content (AvgIpc) is 2.66. The van der Waals surface area contributed by atoms with Gasteiger partial charge < -0.3 is 10.0 Å². The van der Waals surface area contributed by atoms with Crippen LogP contribution in [0.2, 0.25) is 0 Å². The molecule has 108 valence electrons. The maximum atomic E-state index is 12.6. The van der Waals surface area contributed by atoms with E-state index in [-0.39, 0.29) is 12.5 Å². The summed E-state index contributed by atoms with van der Waals surface area (Å²) in [5.41, 5.74) is 1.02. The third-order valence-electron chi connectivity index (χ3n) is 3.72. The van der Waals surface area contributed by atoms with Crippen LogP contribution in [0.5, 0.6) is 0 Å². The number of carbonyl (C=O) groups is 1. The molecule has 1 aliphatic rings. The number of rotatable bonds is 1. The standard InChI is InChI=1S/C16H21NO2S/c1-12-11-15(20-14(12)8-6-10-18)16(19)17-9-5-3-4-7-13(17)2/h11,13,18H,3-5,7,9-10H2,1-2H3. The molecule has 0 aliphatic carbocycles. The van der Waals surface area contributed by atoms with E-state index < -0.39 is 0 Å². The lowest BCUT2D eigenvalue weighted by molar-refractivity contribution is 0.0703. The fraction of sp³-hybridized carbons (Fsp3) is 0.562. The van der Waals surface area contributed by atoms with E-state index in [4.69, 9.17) is 5.11 Å². The molecule has 1 aromatic heterocycles. The molecule has 1 aromatic rings. The fourth-order valence-corrected chi connectivity index (χ4v) is 3.55. The zero-order chi connectivity index (χ0) is 14.5. The Morgan fingerprint density at radius 3 is 3.05 bits per heavy atom. The van der Waals surface area contributed by atoms with Gasteiger partial charge in [-0.15, -0.1) is 11.3 Å². The lowest BCUT2D eigenvalue weighted by atomic mass is 10.1. The predicted octanol–water partition coefficient (Wildman–Crippen LogP) is 2.81. The number of likely N-dealkylation sites (tertiary alicyclic amines) is 1. The molecule has 0 radical (unpaired) electrons. The van der Waals surface area contributed by atoms with Gasteiger partial charge in [0.1, 0.15) is 6.61 Å². The Bertz CT molecular complexity index is 538. The molecule has 1 atom stereocenters. The second kappa shape index (κ2) is 6.92. The molecule has 1 unspecified atom stereocenters. The average molecular weight is 291 g/mol. The van der Waals surface area contributed by atoms with Gasteiger partial charge in [-0.25, -0.2) is 0 Å². The highest BCUT2D eigenvalue weighted by Crippen LogP contribution is 2.25. The molecule has 2 heterocycles. The minimum atomic E-state index is -0.149. The van der Waals surface area contributed by atoms with Crippen LogP contribution in [0.4, 0.5) is 0 Å². The number of aryl methyl sites for hydroxylation is 1. The quantitative estimate of drug-likeness (QED) is 0.808. The van der Waals surface area contributed by atoms with E-state index in [2.05, 4.69) is 18.8 Å². The van der Waals surface area contributed by atoms with Crippen molar-refractivity contribution in [2.45, 2.75) is 45.6 Å². The largest absolute Gasteiger partial charge is 0.384 e. The van der Waals surface area contributed by atoms with E-state index in [0.29, 0.717) is 6.04 Å². The first kappa shape index (κ1) is 15.1. The molecule has 4 heteroatoms. The summed E-state index contributed by atoms with van der Waals surface area (Å²) in [4.78, 5) is 16.3. The number of nitrogens with zero attached hydrogens (tertiary/aromatic N) is 1. The van der Waals surface area contributed by atoms with Crippen LogP contribution in [0.25, 0.3) is 0 Å². The zero-order valence-corrected chi connectivity index (χ0v) is 12.9. The summed E-state index contributed by atoms with van der Waals surface area (Å²) in [6, 6.07) is 2.24. The number of thiophene rings is 1. The lowest BCUT2D eigenvalue weighted by Gasteiger charge is -2.26. The number of hydrogen-bond donors (Lipinski definition) is 1. The van der Waals surface area contributed by atoms with Gasteiger partial charge in [0.25, 0.3) is 5.91 Å². The SMILES string of the molecule is Cc1cc(C(=O)N2CCCCCC2C)sc1C#CCO. The van der Waals surface area contributed by atoms with Crippen molar-refractivity contribution in [1.29, 1.82) is 0 Å². The summed E-state index contributed by atoms with van der Waals surface area (Å²) >= 11 is 1.43. The van der Waals surface area contributed by atoms with Crippen molar-refractivity contribution in [2.24, 2.45) is 0 Å². The van der Waals surface area contributed by atoms with Crippen molar-refractivity contribution in [3.63, 3.8) is 0 Å². The van der Waals surface area contributed by atoms with Crippen LogP contribution >= 0.6 is 11.3 Å². The van der Waals surface area contributed by atoms with Crippen LogP contribution in [0.1, 0.15) is 52.7 Å². The monoisotopic (exact) mass is 291 g/mol. The number of aliphatic hydroxyl groups is 1. The van der Waals surface area contributed by atoms with Crippen molar-refractivity contribution < 1.29 is 9.90 Å². The third-order valence-corrected chi connectivity index (χ3v) is 4.86. The van der Waals surface area contributed by atoms with Crippen molar-refractivity contribution in [1.82, 2.24) is 4.90 Å². The molecular formula is C16H21NO2S. The number of carbonyl (C=O) groups excluding carboxylic acids is 1. The van der Waals surface area contributed by atoms with Gasteiger partial charge in [0.15, 0.2) is 0 Å². The lowest BCUT2D eigenvalue weighted by Crippen LogP contribution is -2.37. The normalized spacial score (nSPS) is 19.1. The van der Waals surface area contributed by atoms with Crippen LogP contribution in [-0.2, 0) is 0 Å². The van der Waals surface area contributed by atoms with Crippen LogP contribution < -0.4 is 0 Å². The molecule has 0 aromatic carbocycles. The van der Waals surface area contributed by atoms with Gasteiger partial charge in [0, 0.05) is 12.6 Å². The van der Waals surface area contributed by atoms with E-state index in [1.807, 2.05) is 17.9 Å². The molecule has 3 nitrogen and oxygen atoms in total. The van der Waals surface area contributed by atoms with Crippen LogP contribution in [0.15, 0.2) is 6.07 Å². The van der Waals surface area contributed by atoms with Crippen molar-refractivity contribution >= 4 is 17.2 Å². The minimum absolute atomic E-state index is 0.129. The molecule has 0 bridgehead atoms. The maximum Gasteiger partial charge on any atom is 0.264 e. The van der Waals surface area contributed by atoms with E-state index >= 15 is 0 Å². The smallest absolute Gasteiger partial charge is 0.264 e. The first-order chi connectivity index (χ1) is 9.63. The van der Waals surface area contributed by atoms with Crippen LogP contribution in [-0.4, -0.2) is 35.1 Å². The Hall–Kier alpha value is -1.31. The summed E-state index contributed by atoms with van der Waals surface area (Å²) in [7, 11) is 0.